The van der Waals surface area contributed by atoms with Crippen molar-refractivity contribution < 1.29 is 13.6 Å². The van der Waals surface area contributed by atoms with Crippen molar-refractivity contribution in [2.75, 3.05) is 6.54 Å². The number of carbonyl (C=O) groups is 1. The lowest BCUT2D eigenvalue weighted by Crippen LogP contribution is -2.16. The molecule has 0 spiro atoms. The fourth-order valence-corrected chi connectivity index (χ4v) is 1.35. The Kier molecular flexibility index (Phi) is 5.05. The number of hydrogen-bond acceptors (Lipinski definition) is 2. The third kappa shape index (κ3) is 4.49. The number of Topliss-reactive ketones (excluding diaryl/α,β-unsaturated/α-hetero) is 1. The molecule has 0 atom stereocenters. The second kappa shape index (κ2) is 6.33. The number of carbonyl (C=O) groups excluding carboxylic acids is 1. The molecule has 0 amide bonds. The molecule has 0 aliphatic rings. The zero-order valence-electron chi connectivity index (χ0n) is 9.22. The third-order valence-electron chi connectivity index (χ3n) is 2.21. The summed E-state index contributed by atoms with van der Waals surface area (Å²) in [5, 5.41) is 3.00. The van der Waals surface area contributed by atoms with Gasteiger partial charge >= 0.3 is 0 Å². The molecule has 0 radical (unpaired) electrons. The molecule has 0 heterocycles. The van der Waals surface area contributed by atoms with Crippen LogP contribution in [0.25, 0.3) is 0 Å². The van der Waals surface area contributed by atoms with Crippen molar-refractivity contribution in [3.63, 3.8) is 0 Å². The Hall–Kier alpha value is -1.29. The molecular formula is C12H15F2NO. The van der Waals surface area contributed by atoms with Gasteiger partial charge in [0.1, 0.15) is 17.4 Å². The van der Waals surface area contributed by atoms with E-state index in [0.717, 1.165) is 12.5 Å². The van der Waals surface area contributed by atoms with Crippen molar-refractivity contribution in [3.8, 4) is 0 Å². The number of ketones is 1. The van der Waals surface area contributed by atoms with Gasteiger partial charge in [0.25, 0.3) is 0 Å². The predicted molar refractivity (Wildman–Crippen MR) is 58.0 cm³/mol. The minimum atomic E-state index is -0.571. The number of rotatable bonds is 6. The topological polar surface area (TPSA) is 29.1 Å². The van der Waals surface area contributed by atoms with Crippen molar-refractivity contribution in [2.24, 2.45) is 0 Å². The van der Waals surface area contributed by atoms with Crippen LogP contribution in [0.15, 0.2) is 18.2 Å². The quantitative estimate of drug-likeness (QED) is 0.756. The van der Waals surface area contributed by atoms with E-state index in [1.54, 1.807) is 6.92 Å². The fraction of sp³-hybridized carbons (Fsp3) is 0.417. The minimum Gasteiger partial charge on any atom is -0.313 e. The van der Waals surface area contributed by atoms with Crippen LogP contribution in [0.5, 0.6) is 0 Å². The molecule has 0 saturated heterocycles. The molecule has 1 rings (SSSR count). The van der Waals surface area contributed by atoms with Gasteiger partial charge in [-0.05, 0) is 26.0 Å². The zero-order valence-corrected chi connectivity index (χ0v) is 9.22. The highest BCUT2D eigenvalue weighted by Crippen LogP contribution is 2.08. The Morgan fingerprint density at radius 1 is 1.38 bits per heavy atom. The highest BCUT2D eigenvalue weighted by atomic mass is 19.1. The van der Waals surface area contributed by atoms with Crippen LogP contribution in [0.2, 0.25) is 0 Å². The summed E-state index contributed by atoms with van der Waals surface area (Å²) in [5.74, 6) is -0.966. The van der Waals surface area contributed by atoms with E-state index in [2.05, 4.69) is 5.32 Å². The van der Waals surface area contributed by atoms with Gasteiger partial charge in [0, 0.05) is 24.6 Å². The predicted octanol–water partition coefficient (Wildman–Crippen LogP) is 2.42. The smallest absolute Gasteiger partial charge is 0.130 e. The molecule has 0 fully saturated rings. The molecule has 0 aliphatic carbocycles. The molecule has 88 valence electrons. The van der Waals surface area contributed by atoms with E-state index in [4.69, 9.17) is 0 Å². The summed E-state index contributed by atoms with van der Waals surface area (Å²) in [4.78, 5) is 10.6. The molecular weight excluding hydrogens is 212 g/mol. The van der Waals surface area contributed by atoms with Gasteiger partial charge in [-0.15, -0.1) is 0 Å². The van der Waals surface area contributed by atoms with Crippen LogP contribution in [-0.2, 0) is 11.3 Å². The van der Waals surface area contributed by atoms with Crippen molar-refractivity contribution in [3.05, 3.63) is 35.4 Å². The van der Waals surface area contributed by atoms with Crippen LogP contribution in [0.4, 0.5) is 8.78 Å². The lowest BCUT2D eigenvalue weighted by atomic mass is 10.2. The summed E-state index contributed by atoms with van der Waals surface area (Å²) in [6.07, 6.45) is 1.26. The minimum absolute atomic E-state index is 0.148. The standard InChI is InChI=1S/C12H15F2NO/c1-9(16)3-2-6-15-8-10-4-5-11(13)7-12(10)14/h4-5,7,15H,2-3,6,8H2,1H3. The Labute approximate surface area is 93.7 Å². The van der Waals surface area contributed by atoms with Crippen molar-refractivity contribution in [1.29, 1.82) is 0 Å². The Bertz CT molecular complexity index is 366. The maximum absolute atomic E-state index is 13.2. The average Bonchev–Trinajstić information content (AvgIpc) is 2.20. The Morgan fingerprint density at radius 2 is 2.12 bits per heavy atom. The average molecular weight is 227 g/mol. The molecule has 2 nitrogen and oxygen atoms in total. The summed E-state index contributed by atoms with van der Waals surface area (Å²) in [7, 11) is 0. The molecule has 0 aliphatic heterocycles. The van der Waals surface area contributed by atoms with Gasteiger partial charge in [0.05, 0.1) is 0 Å². The molecule has 0 bridgehead atoms. The van der Waals surface area contributed by atoms with Gasteiger partial charge in [-0.1, -0.05) is 6.07 Å². The highest BCUT2D eigenvalue weighted by molar-refractivity contribution is 5.75. The number of nitrogens with one attached hydrogen (secondary N) is 1. The highest BCUT2D eigenvalue weighted by Gasteiger charge is 2.02. The lowest BCUT2D eigenvalue weighted by molar-refractivity contribution is -0.117. The first-order chi connectivity index (χ1) is 7.59. The summed E-state index contributed by atoms with van der Waals surface area (Å²) in [6.45, 7) is 2.54. The summed E-state index contributed by atoms with van der Waals surface area (Å²) in [6, 6.07) is 3.52. The number of benzene rings is 1. The van der Waals surface area contributed by atoms with Crippen molar-refractivity contribution in [2.45, 2.75) is 26.3 Å². The van der Waals surface area contributed by atoms with Crippen molar-refractivity contribution in [1.82, 2.24) is 5.32 Å². The Balaban J connectivity index is 2.29. The first kappa shape index (κ1) is 12.8. The molecule has 0 saturated carbocycles. The van der Waals surface area contributed by atoms with Gasteiger partial charge < -0.3 is 10.1 Å². The second-order valence-electron chi connectivity index (χ2n) is 3.72. The van der Waals surface area contributed by atoms with Crippen LogP contribution in [0.3, 0.4) is 0 Å². The summed E-state index contributed by atoms with van der Waals surface area (Å²) >= 11 is 0. The third-order valence-corrected chi connectivity index (χ3v) is 2.21. The fourth-order valence-electron chi connectivity index (χ4n) is 1.35. The Morgan fingerprint density at radius 3 is 2.75 bits per heavy atom. The molecule has 0 aromatic heterocycles. The van der Waals surface area contributed by atoms with Crippen LogP contribution < -0.4 is 5.32 Å². The van der Waals surface area contributed by atoms with Gasteiger partial charge in [-0.3, -0.25) is 0 Å². The van der Waals surface area contributed by atoms with Crippen LogP contribution in [-0.4, -0.2) is 12.3 Å². The first-order valence-corrected chi connectivity index (χ1v) is 5.23. The number of halogens is 2. The SMILES string of the molecule is CC(=O)CCCNCc1ccc(F)cc1F. The molecule has 4 heteroatoms. The van der Waals surface area contributed by atoms with Gasteiger partial charge in [0.15, 0.2) is 0 Å². The van der Waals surface area contributed by atoms with E-state index in [1.807, 2.05) is 0 Å². The van der Waals surface area contributed by atoms with E-state index >= 15 is 0 Å². The molecule has 1 N–H and O–H groups in total. The normalized spacial score (nSPS) is 10.4. The van der Waals surface area contributed by atoms with E-state index in [1.165, 1.54) is 12.1 Å². The van der Waals surface area contributed by atoms with E-state index in [0.29, 0.717) is 25.1 Å². The molecule has 0 unspecified atom stereocenters. The van der Waals surface area contributed by atoms with E-state index < -0.39 is 11.6 Å². The van der Waals surface area contributed by atoms with Crippen LogP contribution >= 0.6 is 0 Å². The molecule has 16 heavy (non-hydrogen) atoms. The van der Waals surface area contributed by atoms with Crippen molar-refractivity contribution >= 4 is 5.78 Å². The van der Waals surface area contributed by atoms with Crippen LogP contribution in [0.1, 0.15) is 25.3 Å². The lowest BCUT2D eigenvalue weighted by Gasteiger charge is -2.05. The molecule has 1 aromatic rings. The maximum atomic E-state index is 13.2. The van der Waals surface area contributed by atoms with Gasteiger partial charge in [0.2, 0.25) is 0 Å². The van der Waals surface area contributed by atoms with E-state index in [-0.39, 0.29) is 5.78 Å². The van der Waals surface area contributed by atoms with E-state index in [9.17, 15) is 13.6 Å². The van der Waals surface area contributed by atoms with Crippen LogP contribution in [0, 0.1) is 11.6 Å². The van der Waals surface area contributed by atoms with Gasteiger partial charge in [-0.2, -0.15) is 0 Å². The summed E-state index contributed by atoms with van der Waals surface area (Å²) in [5.41, 5.74) is 0.434. The summed E-state index contributed by atoms with van der Waals surface area (Å²) < 4.78 is 25.7. The first-order valence-electron chi connectivity index (χ1n) is 5.23. The maximum Gasteiger partial charge on any atom is 0.130 e. The monoisotopic (exact) mass is 227 g/mol. The second-order valence-corrected chi connectivity index (χ2v) is 3.72. The largest absolute Gasteiger partial charge is 0.313 e. The van der Waals surface area contributed by atoms with Gasteiger partial charge in [-0.25, -0.2) is 8.78 Å². The number of hydrogen-bond donors (Lipinski definition) is 1. The zero-order chi connectivity index (χ0) is 12.0. The molecule has 1 aromatic carbocycles.